The van der Waals surface area contributed by atoms with Crippen LogP contribution in [-0.2, 0) is 5.88 Å². The van der Waals surface area contributed by atoms with E-state index in [-0.39, 0.29) is 0 Å². The van der Waals surface area contributed by atoms with Crippen LogP contribution in [0.4, 0.5) is 0 Å². The maximum Gasteiger partial charge on any atom is 0.146 e. The molecular formula is C13H9Cl3O. The Morgan fingerprint density at radius 2 is 1.71 bits per heavy atom. The normalized spacial score (nSPS) is 10.3. The van der Waals surface area contributed by atoms with Gasteiger partial charge in [-0.2, -0.15) is 0 Å². The molecule has 0 unspecified atom stereocenters. The molecule has 0 spiro atoms. The van der Waals surface area contributed by atoms with Gasteiger partial charge in [-0.25, -0.2) is 0 Å². The Bertz CT molecular complexity index is 526. The van der Waals surface area contributed by atoms with Gasteiger partial charge in [0, 0.05) is 10.6 Å². The fraction of sp³-hybridized carbons (Fsp3) is 0.0769. The van der Waals surface area contributed by atoms with Gasteiger partial charge in [-0.15, -0.1) is 11.6 Å². The zero-order chi connectivity index (χ0) is 12.3. The average molecular weight is 288 g/mol. The van der Waals surface area contributed by atoms with E-state index in [1.165, 1.54) is 0 Å². The fourth-order valence-corrected chi connectivity index (χ4v) is 1.98. The summed E-state index contributed by atoms with van der Waals surface area (Å²) in [5.74, 6) is 1.60. The third-order valence-electron chi connectivity index (χ3n) is 2.22. The van der Waals surface area contributed by atoms with Gasteiger partial charge in [0.1, 0.15) is 11.5 Å². The lowest BCUT2D eigenvalue weighted by atomic mass is 10.2. The van der Waals surface area contributed by atoms with Crippen LogP contribution < -0.4 is 4.74 Å². The van der Waals surface area contributed by atoms with Gasteiger partial charge in [0.15, 0.2) is 0 Å². The summed E-state index contributed by atoms with van der Waals surface area (Å²) in [5.41, 5.74) is 0.832. The Morgan fingerprint density at radius 1 is 0.941 bits per heavy atom. The number of hydrogen-bond acceptors (Lipinski definition) is 1. The van der Waals surface area contributed by atoms with Crippen LogP contribution in [0.2, 0.25) is 10.0 Å². The summed E-state index contributed by atoms with van der Waals surface area (Å²) in [4.78, 5) is 0. The van der Waals surface area contributed by atoms with E-state index < -0.39 is 0 Å². The second kappa shape index (κ2) is 5.63. The van der Waals surface area contributed by atoms with E-state index in [0.717, 1.165) is 5.56 Å². The highest BCUT2D eigenvalue weighted by Gasteiger charge is 2.07. The number of hydrogen-bond donors (Lipinski definition) is 0. The number of benzene rings is 2. The molecule has 0 heterocycles. The van der Waals surface area contributed by atoms with Crippen LogP contribution in [0, 0.1) is 0 Å². The Kier molecular flexibility index (Phi) is 4.16. The van der Waals surface area contributed by atoms with Gasteiger partial charge < -0.3 is 4.74 Å². The first kappa shape index (κ1) is 12.6. The summed E-state index contributed by atoms with van der Waals surface area (Å²) < 4.78 is 5.71. The number of halogens is 3. The fourth-order valence-electron chi connectivity index (χ4n) is 1.40. The Labute approximate surface area is 115 Å². The molecule has 0 fully saturated rings. The highest BCUT2D eigenvalue weighted by Crippen LogP contribution is 2.32. The van der Waals surface area contributed by atoms with Crippen LogP contribution in [0.15, 0.2) is 42.5 Å². The molecule has 0 aliphatic carbocycles. The van der Waals surface area contributed by atoms with Crippen LogP contribution in [0.25, 0.3) is 0 Å². The zero-order valence-electron chi connectivity index (χ0n) is 8.79. The monoisotopic (exact) mass is 286 g/mol. The molecule has 2 aromatic rings. The van der Waals surface area contributed by atoms with Crippen LogP contribution in [-0.4, -0.2) is 0 Å². The van der Waals surface area contributed by atoms with E-state index in [4.69, 9.17) is 39.5 Å². The standard InChI is InChI=1S/C13H9Cl3O/c14-8-9-7-10(15)5-6-12(9)17-13-4-2-1-3-11(13)16/h1-7H,8H2. The molecule has 1 nitrogen and oxygen atoms in total. The molecule has 0 saturated carbocycles. The maximum atomic E-state index is 6.02. The van der Waals surface area contributed by atoms with Crippen LogP contribution in [0.5, 0.6) is 11.5 Å². The lowest BCUT2D eigenvalue weighted by molar-refractivity contribution is 0.478. The van der Waals surface area contributed by atoms with Gasteiger partial charge >= 0.3 is 0 Å². The van der Waals surface area contributed by atoms with Gasteiger partial charge in [0.05, 0.1) is 10.9 Å². The van der Waals surface area contributed by atoms with Crippen molar-refractivity contribution in [2.24, 2.45) is 0 Å². The molecule has 0 amide bonds. The largest absolute Gasteiger partial charge is 0.455 e. The van der Waals surface area contributed by atoms with Crippen molar-refractivity contribution in [3.8, 4) is 11.5 Å². The van der Waals surface area contributed by atoms with Crippen molar-refractivity contribution in [2.75, 3.05) is 0 Å². The molecule has 0 bridgehead atoms. The zero-order valence-corrected chi connectivity index (χ0v) is 11.1. The van der Waals surface area contributed by atoms with Gasteiger partial charge in [-0.3, -0.25) is 0 Å². The van der Waals surface area contributed by atoms with E-state index in [2.05, 4.69) is 0 Å². The molecule has 2 aromatic carbocycles. The summed E-state index contributed by atoms with van der Waals surface area (Å²) in [6.45, 7) is 0. The van der Waals surface area contributed by atoms with Gasteiger partial charge in [-0.05, 0) is 30.3 Å². The number of para-hydroxylation sites is 1. The average Bonchev–Trinajstić information content (AvgIpc) is 2.34. The molecule has 0 aliphatic rings. The third kappa shape index (κ3) is 3.06. The van der Waals surface area contributed by atoms with E-state index in [9.17, 15) is 0 Å². The van der Waals surface area contributed by atoms with Crippen molar-refractivity contribution in [1.82, 2.24) is 0 Å². The minimum absolute atomic E-state index is 0.334. The second-order valence-electron chi connectivity index (χ2n) is 3.42. The lowest BCUT2D eigenvalue weighted by Gasteiger charge is -2.10. The second-order valence-corrected chi connectivity index (χ2v) is 4.53. The van der Waals surface area contributed by atoms with Crippen molar-refractivity contribution in [3.05, 3.63) is 58.1 Å². The van der Waals surface area contributed by atoms with Crippen molar-refractivity contribution in [1.29, 1.82) is 0 Å². The Morgan fingerprint density at radius 3 is 2.41 bits per heavy atom. The van der Waals surface area contributed by atoms with Crippen LogP contribution >= 0.6 is 34.8 Å². The smallest absolute Gasteiger partial charge is 0.146 e. The predicted molar refractivity (Wildman–Crippen MR) is 72.5 cm³/mol. The predicted octanol–water partition coefficient (Wildman–Crippen LogP) is 5.52. The molecule has 88 valence electrons. The minimum atomic E-state index is 0.334. The highest BCUT2D eigenvalue weighted by atomic mass is 35.5. The minimum Gasteiger partial charge on any atom is -0.455 e. The number of alkyl halides is 1. The molecule has 0 atom stereocenters. The van der Waals surface area contributed by atoms with Crippen molar-refractivity contribution in [3.63, 3.8) is 0 Å². The molecular weight excluding hydrogens is 279 g/mol. The van der Waals surface area contributed by atoms with Crippen LogP contribution in [0.1, 0.15) is 5.56 Å². The first-order chi connectivity index (χ1) is 8.20. The highest BCUT2D eigenvalue weighted by molar-refractivity contribution is 6.32. The summed E-state index contributed by atoms with van der Waals surface area (Å²) in [6, 6.07) is 12.6. The molecule has 0 N–H and O–H groups in total. The van der Waals surface area contributed by atoms with Crippen molar-refractivity contribution in [2.45, 2.75) is 5.88 Å². The van der Waals surface area contributed by atoms with Gasteiger partial charge in [0.25, 0.3) is 0 Å². The molecule has 4 heteroatoms. The first-order valence-corrected chi connectivity index (χ1v) is 6.26. The molecule has 0 aliphatic heterocycles. The van der Waals surface area contributed by atoms with E-state index >= 15 is 0 Å². The third-order valence-corrected chi connectivity index (χ3v) is 3.06. The van der Waals surface area contributed by atoms with Gasteiger partial charge in [-0.1, -0.05) is 35.3 Å². The lowest BCUT2D eigenvalue weighted by Crippen LogP contribution is -1.90. The number of rotatable bonds is 3. The van der Waals surface area contributed by atoms with E-state index in [0.29, 0.717) is 27.4 Å². The SMILES string of the molecule is ClCc1cc(Cl)ccc1Oc1ccccc1Cl. The summed E-state index contributed by atoms with van der Waals surface area (Å²) in [5, 5.41) is 1.19. The molecule has 0 saturated heterocycles. The quantitative estimate of drug-likeness (QED) is 0.675. The molecule has 0 radical (unpaired) electrons. The Balaban J connectivity index is 2.33. The topological polar surface area (TPSA) is 9.23 Å². The molecule has 2 rings (SSSR count). The van der Waals surface area contributed by atoms with Crippen LogP contribution in [0.3, 0.4) is 0 Å². The summed E-state index contributed by atoms with van der Waals surface area (Å²) >= 11 is 17.7. The van der Waals surface area contributed by atoms with Gasteiger partial charge in [0.2, 0.25) is 0 Å². The molecule has 0 aromatic heterocycles. The van der Waals surface area contributed by atoms with E-state index in [1.54, 1.807) is 30.3 Å². The van der Waals surface area contributed by atoms with E-state index in [1.807, 2.05) is 12.1 Å². The molecule has 17 heavy (non-hydrogen) atoms. The Hall–Kier alpha value is -0.890. The van der Waals surface area contributed by atoms with Crippen molar-refractivity contribution >= 4 is 34.8 Å². The summed E-state index contributed by atoms with van der Waals surface area (Å²) in [7, 11) is 0. The first-order valence-electron chi connectivity index (χ1n) is 4.97. The number of ether oxygens (including phenoxy) is 1. The summed E-state index contributed by atoms with van der Waals surface area (Å²) in [6.07, 6.45) is 0. The van der Waals surface area contributed by atoms with Crippen molar-refractivity contribution < 1.29 is 4.74 Å². The maximum absolute atomic E-state index is 6.02.